The Labute approximate surface area is 105 Å². The van der Waals surface area contributed by atoms with Gasteiger partial charge in [-0.1, -0.05) is 18.2 Å². The molecule has 0 aliphatic rings. The normalized spacial score (nSPS) is 11.3. The Morgan fingerprint density at radius 3 is 2.61 bits per heavy atom. The van der Waals surface area contributed by atoms with Crippen LogP contribution < -0.4 is 0 Å². The zero-order valence-corrected chi connectivity index (χ0v) is 10.7. The van der Waals surface area contributed by atoms with E-state index in [1.165, 1.54) is 0 Å². The number of fused-ring (bicyclic) bond motifs is 3. The van der Waals surface area contributed by atoms with Crippen LogP contribution in [0.15, 0.2) is 30.3 Å². The molecule has 0 saturated carbocycles. The van der Waals surface area contributed by atoms with Crippen LogP contribution in [0.5, 0.6) is 0 Å². The average Bonchev–Trinajstić information content (AvgIpc) is 2.64. The molecule has 0 atom stereocenters. The molecule has 2 heterocycles. The van der Waals surface area contributed by atoms with E-state index in [9.17, 15) is 4.79 Å². The number of carbonyl (C=O) groups is 1. The second kappa shape index (κ2) is 3.67. The van der Waals surface area contributed by atoms with Gasteiger partial charge in [0.05, 0.1) is 5.52 Å². The van der Waals surface area contributed by atoms with Gasteiger partial charge in [-0.15, -0.1) is 0 Å². The molecule has 2 aromatic heterocycles. The summed E-state index contributed by atoms with van der Waals surface area (Å²) in [6, 6.07) is 10.0. The van der Waals surface area contributed by atoms with Crippen LogP contribution in [-0.2, 0) is 0 Å². The molecule has 3 nitrogen and oxygen atoms in total. The van der Waals surface area contributed by atoms with Crippen LogP contribution in [-0.4, -0.2) is 15.5 Å². The third kappa shape index (κ3) is 1.37. The zero-order valence-electron chi connectivity index (χ0n) is 10.7. The number of pyridine rings is 1. The van der Waals surface area contributed by atoms with Crippen molar-refractivity contribution in [3.8, 4) is 0 Å². The van der Waals surface area contributed by atoms with Crippen molar-refractivity contribution in [2.75, 3.05) is 0 Å². The predicted octanol–water partition coefficient (Wildman–Crippen LogP) is 3.47. The lowest BCUT2D eigenvalue weighted by Crippen LogP contribution is -2.06. The van der Waals surface area contributed by atoms with Crippen molar-refractivity contribution in [1.29, 1.82) is 0 Å². The largest absolute Gasteiger partial charge is 0.274 e. The van der Waals surface area contributed by atoms with E-state index >= 15 is 0 Å². The van der Waals surface area contributed by atoms with Crippen molar-refractivity contribution in [3.05, 3.63) is 41.6 Å². The number of para-hydroxylation sites is 1. The van der Waals surface area contributed by atoms with E-state index in [0.29, 0.717) is 0 Å². The van der Waals surface area contributed by atoms with Crippen molar-refractivity contribution in [3.63, 3.8) is 0 Å². The van der Waals surface area contributed by atoms with Gasteiger partial charge in [0.25, 0.3) is 0 Å². The summed E-state index contributed by atoms with van der Waals surface area (Å²) >= 11 is 0. The van der Waals surface area contributed by atoms with Gasteiger partial charge in [-0.05, 0) is 31.5 Å². The molecule has 0 unspecified atom stereocenters. The van der Waals surface area contributed by atoms with Crippen LogP contribution in [0.4, 0.5) is 0 Å². The molecule has 90 valence electrons. The molecular formula is C15H14N2O. The number of aryl methyl sites for hydroxylation is 2. The Balaban J connectivity index is 2.62. The van der Waals surface area contributed by atoms with Gasteiger partial charge in [-0.3, -0.25) is 9.36 Å². The van der Waals surface area contributed by atoms with Crippen molar-refractivity contribution < 1.29 is 4.79 Å². The summed E-state index contributed by atoms with van der Waals surface area (Å²) in [5, 5.41) is 2.13. The maximum Gasteiger partial charge on any atom is 0.229 e. The van der Waals surface area contributed by atoms with Gasteiger partial charge in [0, 0.05) is 23.4 Å². The first-order chi connectivity index (χ1) is 8.59. The van der Waals surface area contributed by atoms with Gasteiger partial charge in [-0.25, -0.2) is 4.98 Å². The fourth-order valence-electron chi connectivity index (χ4n) is 2.39. The summed E-state index contributed by atoms with van der Waals surface area (Å²) in [4.78, 5) is 16.4. The Bertz CT molecular complexity index is 784. The minimum atomic E-state index is -0.00282. The van der Waals surface area contributed by atoms with E-state index in [1.807, 2.05) is 38.1 Å². The molecule has 0 aliphatic heterocycles. The molecule has 0 radical (unpaired) electrons. The summed E-state index contributed by atoms with van der Waals surface area (Å²) in [5.41, 5.74) is 3.80. The van der Waals surface area contributed by atoms with Crippen molar-refractivity contribution >= 4 is 27.8 Å². The summed E-state index contributed by atoms with van der Waals surface area (Å²) in [5.74, 6) is -0.00282. The van der Waals surface area contributed by atoms with Crippen LogP contribution in [0, 0.1) is 13.8 Å². The van der Waals surface area contributed by atoms with E-state index in [1.54, 1.807) is 11.5 Å². The fourth-order valence-corrected chi connectivity index (χ4v) is 2.39. The second-order valence-corrected chi connectivity index (χ2v) is 4.63. The quantitative estimate of drug-likeness (QED) is 0.601. The number of aromatic nitrogens is 2. The molecule has 1 aromatic carbocycles. The van der Waals surface area contributed by atoms with Crippen molar-refractivity contribution in [2.45, 2.75) is 20.8 Å². The van der Waals surface area contributed by atoms with E-state index < -0.39 is 0 Å². The van der Waals surface area contributed by atoms with Crippen LogP contribution in [0.3, 0.4) is 0 Å². The molecule has 0 bridgehead atoms. The number of benzene rings is 1. The molecule has 0 fully saturated rings. The number of hydrogen-bond acceptors (Lipinski definition) is 2. The maximum absolute atomic E-state index is 11.9. The Morgan fingerprint density at radius 2 is 1.89 bits per heavy atom. The lowest BCUT2D eigenvalue weighted by Gasteiger charge is -2.02. The molecular weight excluding hydrogens is 224 g/mol. The highest BCUT2D eigenvalue weighted by Crippen LogP contribution is 2.28. The predicted molar refractivity (Wildman–Crippen MR) is 73.0 cm³/mol. The van der Waals surface area contributed by atoms with Crippen LogP contribution in [0.1, 0.15) is 23.0 Å². The van der Waals surface area contributed by atoms with Gasteiger partial charge in [0.15, 0.2) is 0 Å². The molecule has 3 rings (SSSR count). The van der Waals surface area contributed by atoms with Crippen molar-refractivity contribution in [1.82, 2.24) is 9.55 Å². The lowest BCUT2D eigenvalue weighted by molar-refractivity contribution is 0.0946. The maximum atomic E-state index is 11.9. The molecule has 3 heteroatoms. The standard InChI is InChI=1S/C15H14N2O/c1-9-8-13-12-6-4-5-7-14(12)17(11(3)18)15(13)16-10(9)2/h4-8H,1-3H3. The number of hydrogen-bond donors (Lipinski definition) is 0. The molecule has 18 heavy (non-hydrogen) atoms. The highest BCUT2D eigenvalue weighted by atomic mass is 16.1. The van der Waals surface area contributed by atoms with Gasteiger partial charge in [0.1, 0.15) is 5.65 Å². The monoisotopic (exact) mass is 238 g/mol. The van der Waals surface area contributed by atoms with E-state index in [2.05, 4.69) is 11.1 Å². The molecule has 0 amide bonds. The lowest BCUT2D eigenvalue weighted by atomic mass is 10.1. The van der Waals surface area contributed by atoms with E-state index in [-0.39, 0.29) is 5.91 Å². The third-order valence-electron chi connectivity index (χ3n) is 3.41. The first kappa shape index (κ1) is 11.0. The molecule has 3 aromatic rings. The van der Waals surface area contributed by atoms with Gasteiger partial charge >= 0.3 is 0 Å². The fraction of sp³-hybridized carbons (Fsp3) is 0.200. The van der Waals surface area contributed by atoms with E-state index in [0.717, 1.165) is 33.2 Å². The van der Waals surface area contributed by atoms with Crippen molar-refractivity contribution in [2.24, 2.45) is 0 Å². The zero-order chi connectivity index (χ0) is 12.9. The molecule has 0 saturated heterocycles. The highest BCUT2D eigenvalue weighted by molar-refractivity contribution is 6.11. The third-order valence-corrected chi connectivity index (χ3v) is 3.41. The minimum absolute atomic E-state index is 0.00282. The smallest absolute Gasteiger partial charge is 0.229 e. The number of rotatable bonds is 0. The summed E-state index contributed by atoms with van der Waals surface area (Å²) in [6.45, 7) is 5.58. The number of carbonyl (C=O) groups excluding carboxylic acids is 1. The topological polar surface area (TPSA) is 34.9 Å². The second-order valence-electron chi connectivity index (χ2n) is 4.63. The van der Waals surface area contributed by atoms with Gasteiger partial charge in [0.2, 0.25) is 5.91 Å². The number of nitrogens with zero attached hydrogens (tertiary/aromatic N) is 2. The Hall–Kier alpha value is -2.16. The van der Waals surface area contributed by atoms with Gasteiger partial charge in [-0.2, -0.15) is 0 Å². The highest BCUT2D eigenvalue weighted by Gasteiger charge is 2.14. The van der Waals surface area contributed by atoms with E-state index in [4.69, 9.17) is 0 Å². The average molecular weight is 238 g/mol. The van der Waals surface area contributed by atoms with Crippen LogP contribution in [0.2, 0.25) is 0 Å². The molecule has 0 aliphatic carbocycles. The first-order valence-corrected chi connectivity index (χ1v) is 5.98. The Morgan fingerprint density at radius 1 is 1.17 bits per heavy atom. The SMILES string of the molecule is CC(=O)n1c2ccccc2c2cc(C)c(C)nc21. The van der Waals surface area contributed by atoms with Gasteiger partial charge < -0.3 is 0 Å². The summed E-state index contributed by atoms with van der Waals surface area (Å²) in [6.07, 6.45) is 0. The Kier molecular flexibility index (Phi) is 2.23. The summed E-state index contributed by atoms with van der Waals surface area (Å²) < 4.78 is 1.69. The first-order valence-electron chi connectivity index (χ1n) is 5.98. The van der Waals surface area contributed by atoms with Crippen LogP contribution in [0.25, 0.3) is 21.9 Å². The van der Waals surface area contributed by atoms with Crippen LogP contribution >= 0.6 is 0 Å². The summed E-state index contributed by atoms with van der Waals surface area (Å²) in [7, 11) is 0. The minimum Gasteiger partial charge on any atom is -0.274 e. The molecule has 0 spiro atoms. The molecule has 0 N–H and O–H groups in total.